The highest BCUT2D eigenvalue weighted by molar-refractivity contribution is 6.10. The Morgan fingerprint density at radius 3 is 2.11 bits per heavy atom. The number of para-hydroxylation sites is 1. The van der Waals surface area contributed by atoms with Crippen LogP contribution in [0.1, 0.15) is 11.1 Å². The van der Waals surface area contributed by atoms with Crippen LogP contribution in [0.4, 0.5) is 0 Å². The number of hydrogen-bond donors (Lipinski definition) is 0. The minimum Gasteiger partial charge on any atom is -0.309 e. The highest BCUT2D eigenvalue weighted by Gasteiger charge is 2.15. The lowest BCUT2D eigenvalue weighted by Crippen LogP contribution is -1.94. The topological polar surface area (TPSA) is 76.3 Å². The van der Waals surface area contributed by atoms with Gasteiger partial charge in [0.05, 0.1) is 16.6 Å². The first-order valence-electron chi connectivity index (χ1n) is 8.73. The fourth-order valence-corrected chi connectivity index (χ4v) is 3.50. The molecule has 0 atom stereocenters. The van der Waals surface area contributed by atoms with Crippen LogP contribution in [0.5, 0.6) is 0 Å². The molecule has 4 aromatic rings. The summed E-state index contributed by atoms with van der Waals surface area (Å²) in [6.07, 6.45) is 0. The van der Waals surface area contributed by atoms with E-state index in [1.54, 1.807) is 6.07 Å². The fourth-order valence-electron chi connectivity index (χ4n) is 3.50. The Kier molecular flexibility index (Phi) is 4.13. The molecule has 1 heterocycles. The van der Waals surface area contributed by atoms with E-state index in [4.69, 9.17) is 10.5 Å². The Hall–Kier alpha value is -4.33. The molecule has 0 aliphatic rings. The minimum atomic E-state index is -0.177. The number of hydrogen-bond acceptors (Lipinski definition) is 3. The van der Waals surface area contributed by atoms with Crippen LogP contribution in [-0.2, 0) is 0 Å². The quantitative estimate of drug-likeness (QED) is 0.449. The number of nitrogens with zero attached hydrogens (tertiary/aromatic N) is 4. The first-order valence-corrected chi connectivity index (χ1v) is 8.73. The Balaban J connectivity index is 2.08. The zero-order chi connectivity index (χ0) is 19.7. The van der Waals surface area contributed by atoms with Gasteiger partial charge in [-0.05, 0) is 42.8 Å². The SMILES string of the molecule is Cc1ccc(-n2c3ccccc3c3cc(C(C#N)=C(C#N)C#N)ccc32)cc1. The average Bonchev–Trinajstić information content (AvgIpc) is 3.06. The predicted molar refractivity (Wildman–Crippen MR) is 109 cm³/mol. The van der Waals surface area contributed by atoms with E-state index in [-0.39, 0.29) is 11.1 Å². The van der Waals surface area contributed by atoms with Gasteiger partial charge in [0.2, 0.25) is 0 Å². The Morgan fingerprint density at radius 2 is 1.43 bits per heavy atom. The van der Waals surface area contributed by atoms with Crippen molar-refractivity contribution < 1.29 is 0 Å². The van der Waals surface area contributed by atoms with E-state index in [0.717, 1.165) is 27.5 Å². The third kappa shape index (κ3) is 2.60. The van der Waals surface area contributed by atoms with Gasteiger partial charge in [-0.1, -0.05) is 42.0 Å². The largest absolute Gasteiger partial charge is 0.309 e. The fraction of sp³-hybridized carbons (Fsp3) is 0.0417. The molecule has 0 bridgehead atoms. The number of fused-ring (bicyclic) bond motifs is 3. The maximum Gasteiger partial charge on any atom is 0.148 e. The van der Waals surface area contributed by atoms with E-state index in [2.05, 4.69) is 41.8 Å². The van der Waals surface area contributed by atoms with Crippen LogP contribution in [0.2, 0.25) is 0 Å². The molecule has 0 radical (unpaired) electrons. The predicted octanol–water partition coefficient (Wildman–Crippen LogP) is 5.42. The van der Waals surface area contributed by atoms with Crippen molar-refractivity contribution in [2.24, 2.45) is 0 Å². The molecular weight excluding hydrogens is 344 g/mol. The second-order valence-corrected chi connectivity index (χ2v) is 6.51. The van der Waals surface area contributed by atoms with Gasteiger partial charge in [-0.15, -0.1) is 0 Å². The second kappa shape index (κ2) is 6.76. The summed E-state index contributed by atoms with van der Waals surface area (Å²) in [7, 11) is 0. The van der Waals surface area contributed by atoms with Crippen molar-refractivity contribution in [1.82, 2.24) is 4.57 Å². The van der Waals surface area contributed by atoms with Crippen molar-refractivity contribution in [3.63, 3.8) is 0 Å². The highest BCUT2D eigenvalue weighted by Crippen LogP contribution is 2.34. The van der Waals surface area contributed by atoms with Gasteiger partial charge in [0.1, 0.15) is 23.8 Å². The summed E-state index contributed by atoms with van der Waals surface area (Å²) in [4.78, 5) is 0. The number of rotatable bonds is 2. The van der Waals surface area contributed by atoms with Crippen molar-refractivity contribution in [1.29, 1.82) is 15.8 Å². The zero-order valence-electron chi connectivity index (χ0n) is 15.1. The molecule has 0 aliphatic heterocycles. The number of aryl methyl sites for hydroxylation is 1. The van der Waals surface area contributed by atoms with Crippen LogP contribution < -0.4 is 0 Å². The van der Waals surface area contributed by atoms with E-state index in [0.29, 0.717) is 5.56 Å². The van der Waals surface area contributed by atoms with Gasteiger partial charge in [0, 0.05) is 16.5 Å². The van der Waals surface area contributed by atoms with Crippen molar-refractivity contribution in [3.8, 4) is 23.9 Å². The molecule has 4 rings (SSSR count). The lowest BCUT2D eigenvalue weighted by Gasteiger charge is -2.08. The number of allylic oxidation sites excluding steroid dienone is 2. The molecule has 28 heavy (non-hydrogen) atoms. The van der Waals surface area contributed by atoms with Gasteiger partial charge in [0.25, 0.3) is 0 Å². The lowest BCUT2D eigenvalue weighted by molar-refractivity contribution is 1.17. The molecule has 1 aromatic heterocycles. The van der Waals surface area contributed by atoms with E-state index in [1.807, 2.05) is 48.5 Å². The Labute approximate surface area is 162 Å². The van der Waals surface area contributed by atoms with Gasteiger partial charge < -0.3 is 4.57 Å². The molecule has 3 aromatic carbocycles. The Bertz CT molecular complexity index is 1370. The van der Waals surface area contributed by atoms with Crippen LogP contribution in [0.15, 0.2) is 72.3 Å². The minimum absolute atomic E-state index is 0.0964. The summed E-state index contributed by atoms with van der Waals surface area (Å²) in [6.45, 7) is 2.06. The average molecular weight is 358 g/mol. The summed E-state index contributed by atoms with van der Waals surface area (Å²) in [5.74, 6) is 0. The van der Waals surface area contributed by atoms with Gasteiger partial charge >= 0.3 is 0 Å². The van der Waals surface area contributed by atoms with Crippen molar-refractivity contribution in [3.05, 3.63) is 83.4 Å². The van der Waals surface area contributed by atoms with Crippen LogP contribution in [0, 0.1) is 40.9 Å². The molecule has 0 saturated carbocycles. The molecule has 0 saturated heterocycles. The lowest BCUT2D eigenvalue weighted by atomic mass is 10.00. The molecular formula is C24H14N4. The number of nitriles is 3. The highest BCUT2D eigenvalue weighted by atomic mass is 15.0. The normalized spacial score (nSPS) is 10.2. The summed E-state index contributed by atoms with van der Waals surface area (Å²) in [5, 5.41) is 29.8. The zero-order valence-corrected chi connectivity index (χ0v) is 15.1. The van der Waals surface area contributed by atoms with Crippen LogP contribution in [-0.4, -0.2) is 4.57 Å². The molecule has 4 nitrogen and oxygen atoms in total. The first kappa shape index (κ1) is 17.1. The van der Waals surface area contributed by atoms with Gasteiger partial charge in [-0.3, -0.25) is 0 Å². The van der Waals surface area contributed by atoms with E-state index < -0.39 is 0 Å². The first-order chi connectivity index (χ1) is 13.7. The van der Waals surface area contributed by atoms with Gasteiger partial charge in [0.15, 0.2) is 0 Å². The molecule has 0 spiro atoms. The van der Waals surface area contributed by atoms with Crippen LogP contribution >= 0.6 is 0 Å². The Morgan fingerprint density at radius 1 is 0.750 bits per heavy atom. The van der Waals surface area contributed by atoms with Crippen molar-refractivity contribution >= 4 is 27.4 Å². The molecule has 4 heteroatoms. The second-order valence-electron chi connectivity index (χ2n) is 6.51. The molecule has 130 valence electrons. The third-order valence-electron chi connectivity index (χ3n) is 4.84. The van der Waals surface area contributed by atoms with Crippen molar-refractivity contribution in [2.45, 2.75) is 6.92 Å². The molecule has 0 aliphatic carbocycles. The van der Waals surface area contributed by atoms with E-state index in [9.17, 15) is 5.26 Å². The van der Waals surface area contributed by atoms with Crippen molar-refractivity contribution in [2.75, 3.05) is 0 Å². The third-order valence-corrected chi connectivity index (χ3v) is 4.84. The summed E-state index contributed by atoms with van der Waals surface area (Å²) >= 11 is 0. The van der Waals surface area contributed by atoms with E-state index >= 15 is 0 Å². The smallest absolute Gasteiger partial charge is 0.148 e. The summed E-state index contributed by atoms with van der Waals surface area (Å²) < 4.78 is 2.18. The summed E-state index contributed by atoms with van der Waals surface area (Å²) in [5.41, 5.74) is 4.79. The maximum atomic E-state index is 9.49. The molecule has 0 amide bonds. The van der Waals surface area contributed by atoms with Gasteiger partial charge in [-0.25, -0.2) is 0 Å². The molecule has 0 N–H and O–H groups in total. The van der Waals surface area contributed by atoms with Crippen LogP contribution in [0.3, 0.4) is 0 Å². The van der Waals surface area contributed by atoms with Crippen LogP contribution in [0.25, 0.3) is 33.1 Å². The molecule has 0 fully saturated rings. The molecule has 0 unspecified atom stereocenters. The maximum absolute atomic E-state index is 9.49. The van der Waals surface area contributed by atoms with Gasteiger partial charge in [-0.2, -0.15) is 15.8 Å². The monoisotopic (exact) mass is 358 g/mol. The van der Waals surface area contributed by atoms with E-state index in [1.165, 1.54) is 5.56 Å². The standard InChI is InChI=1S/C24H14N4/c1-16-6-9-19(10-7-16)28-23-5-3-2-4-20(23)21-12-17(8-11-24(21)28)22(15-27)18(13-25)14-26/h2-12H,1H3. The number of benzene rings is 3. The number of aromatic nitrogens is 1. The summed E-state index contributed by atoms with van der Waals surface area (Å²) in [6, 6.07) is 27.6.